The molecule has 0 fully saturated rings. The molecule has 0 bridgehead atoms. The molecule has 6 heteroatoms. The van der Waals surface area contributed by atoms with Gasteiger partial charge in [0.2, 0.25) is 0 Å². The second kappa shape index (κ2) is 10.2. The lowest BCUT2D eigenvalue weighted by molar-refractivity contribution is 0.791. The standard InChI is InChI=1S/C20H25N5.HI/c1-3-21-20(23-14-17-9-5-4-8-16(17)2)22-12-11-18-15-25-13-7-6-10-19(25)24-18;/h4-10,13,15H,3,11-12,14H2,1-2H3,(H2,21,22,23);1H. The van der Waals surface area contributed by atoms with Crippen LogP contribution in [0.5, 0.6) is 0 Å². The van der Waals surface area contributed by atoms with E-state index in [0.717, 1.165) is 36.8 Å². The Balaban J connectivity index is 0.00000243. The summed E-state index contributed by atoms with van der Waals surface area (Å²) in [6.45, 7) is 6.51. The van der Waals surface area contributed by atoms with Crippen LogP contribution in [0.15, 0.2) is 59.9 Å². The maximum Gasteiger partial charge on any atom is 0.191 e. The van der Waals surface area contributed by atoms with Crippen molar-refractivity contribution in [2.75, 3.05) is 13.1 Å². The lowest BCUT2D eigenvalue weighted by Gasteiger charge is -2.11. The number of fused-ring (bicyclic) bond motifs is 1. The fraction of sp³-hybridized carbons (Fsp3) is 0.300. The van der Waals surface area contributed by atoms with E-state index < -0.39 is 0 Å². The number of nitrogens with one attached hydrogen (secondary N) is 2. The summed E-state index contributed by atoms with van der Waals surface area (Å²) < 4.78 is 2.05. The number of pyridine rings is 1. The van der Waals surface area contributed by atoms with Crippen molar-refractivity contribution in [1.29, 1.82) is 0 Å². The summed E-state index contributed by atoms with van der Waals surface area (Å²) in [6.07, 6.45) is 4.96. The third-order valence-electron chi connectivity index (χ3n) is 4.10. The van der Waals surface area contributed by atoms with E-state index in [1.807, 2.05) is 28.8 Å². The molecule has 2 heterocycles. The van der Waals surface area contributed by atoms with Crippen LogP contribution in [0.1, 0.15) is 23.7 Å². The highest BCUT2D eigenvalue weighted by molar-refractivity contribution is 14.0. The second-order valence-electron chi connectivity index (χ2n) is 6.00. The Morgan fingerprint density at radius 2 is 1.92 bits per heavy atom. The smallest absolute Gasteiger partial charge is 0.191 e. The van der Waals surface area contributed by atoms with Crippen LogP contribution >= 0.6 is 24.0 Å². The lowest BCUT2D eigenvalue weighted by Crippen LogP contribution is -2.38. The predicted octanol–water partition coefficient (Wildman–Crippen LogP) is 3.56. The number of imidazole rings is 1. The van der Waals surface area contributed by atoms with Gasteiger partial charge in [0.15, 0.2) is 5.96 Å². The summed E-state index contributed by atoms with van der Waals surface area (Å²) in [7, 11) is 0. The molecule has 0 radical (unpaired) electrons. The summed E-state index contributed by atoms with van der Waals surface area (Å²) in [5.74, 6) is 0.842. The average Bonchev–Trinajstić information content (AvgIpc) is 3.03. The Bertz CT molecular complexity index is 823. The molecule has 3 aromatic rings. The number of benzene rings is 1. The van der Waals surface area contributed by atoms with E-state index in [0.29, 0.717) is 6.54 Å². The highest BCUT2D eigenvalue weighted by atomic mass is 127. The van der Waals surface area contributed by atoms with Crippen LogP contribution in [0.4, 0.5) is 0 Å². The van der Waals surface area contributed by atoms with Crippen molar-refractivity contribution in [2.45, 2.75) is 26.8 Å². The van der Waals surface area contributed by atoms with Gasteiger partial charge in [-0.1, -0.05) is 30.3 Å². The molecule has 0 atom stereocenters. The Hall–Kier alpha value is -2.09. The van der Waals surface area contributed by atoms with Gasteiger partial charge in [0, 0.05) is 31.9 Å². The Morgan fingerprint density at radius 3 is 2.69 bits per heavy atom. The molecule has 138 valence electrons. The topological polar surface area (TPSA) is 53.7 Å². The number of hydrogen-bond acceptors (Lipinski definition) is 2. The molecule has 0 saturated carbocycles. The molecule has 0 aliphatic carbocycles. The van der Waals surface area contributed by atoms with Crippen LogP contribution in [-0.4, -0.2) is 28.4 Å². The quantitative estimate of drug-likeness (QED) is 0.334. The number of aromatic nitrogens is 2. The first-order valence-electron chi connectivity index (χ1n) is 8.75. The van der Waals surface area contributed by atoms with Crippen LogP contribution in [0.25, 0.3) is 5.65 Å². The van der Waals surface area contributed by atoms with Gasteiger partial charge in [0.25, 0.3) is 0 Å². The molecule has 26 heavy (non-hydrogen) atoms. The highest BCUT2D eigenvalue weighted by Gasteiger charge is 2.03. The van der Waals surface area contributed by atoms with Crippen molar-refractivity contribution in [1.82, 2.24) is 20.0 Å². The van der Waals surface area contributed by atoms with Gasteiger partial charge in [-0.3, -0.25) is 0 Å². The number of hydrogen-bond donors (Lipinski definition) is 2. The summed E-state index contributed by atoms with van der Waals surface area (Å²) >= 11 is 0. The molecule has 5 nitrogen and oxygen atoms in total. The molecule has 0 saturated heterocycles. The molecule has 0 unspecified atom stereocenters. The van der Waals surface area contributed by atoms with Crippen molar-refractivity contribution < 1.29 is 0 Å². The normalized spacial score (nSPS) is 11.2. The summed E-state index contributed by atoms with van der Waals surface area (Å²) in [5, 5.41) is 6.69. The maximum atomic E-state index is 4.69. The van der Waals surface area contributed by atoms with E-state index in [2.05, 4.69) is 64.9 Å². The first kappa shape index (κ1) is 20.2. The summed E-state index contributed by atoms with van der Waals surface area (Å²) in [4.78, 5) is 9.31. The zero-order valence-corrected chi connectivity index (χ0v) is 17.6. The van der Waals surface area contributed by atoms with Crippen LogP contribution < -0.4 is 10.6 Å². The van der Waals surface area contributed by atoms with E-state index in [1.54, 1.807) is 0 Å². The van der Waals surface area contributed by atoms with E-state index >= 15 is 0 Å². The van der Waals surface area contributed by atoms with Crippen LogP contribution in [0.2, 0.25) is 0 Å². The molecule has 0 spiro atoms. The number of rotatable bonds is 6. The molecule has 0 amide bonds. The van der Waals surface area contributed by atoms with Gasteiger partial charge < -0.3 is 15.0 Å². The molecule has 3 rings (SSSR count). The van der Waals surface area contributed by atoms with E-state index in [4.69, 9.17) is 0 Å². The minimum Gasteiger partial charge on any atom is -0.357 e. The second-order valence-corrected chi connectivity index (χ2v) is 6.00. The SMILES string of the molecule is CCNC(=NCc1ccccc1C)NCCc1cn2ccccc2n1.I. The van der Waals surface area contributed by atoms with Gasteiger partial charge in [0.1, 0.15) is 5.65 Å². The first-order chi connectivity index (χ1) is 12.3. The minimum absolute atomic E-state index is 0. The number of aliphatic imine (C=N–C) groups is 1. The Morgan fingerprint density at radius 1 is 1.12 bits per heavy atom. The molecule has 2 N–H and O–H groups in total. The summed E-state index contributed by atoms with van der Waals surface area (Å²) in [5.41, 5.74) is 4.58. The third-order valence-corrected chi connectivity index (χ3v) is 4.10. The van der Waals surface area contributed by atoms with Crippen LogP contribution in [-0.2, 0) is 13.0 Å². The lowest BCUT2D eigenvalue weighted by atomic mass is 10.1. The van der Waals surface area contributed by atoms with Gasteiger partial charge in [-0.15, -0.1) is 24.0 Å². The van der Waals surface area contributed by atoms with Gasteiger partial charge in [-0.25, -0.2) is 9.98 Å². The number of guanidine groups is 1. The third kappa shape index (κ3) is 5.45. The number of halogens is 1. The fourth-order valence-electron chi connectivity index (χ4n) is 2.71. The van der Waals surface area contributed by atoms with Crippen LogP contribution in [0, 0.1) is 6.92 Å². The zero-order valence-electron chi connectivity index (χ0n) is 15.3. The monoisotopic (exact) mass is 463 g/mol. The maximum absolute atomic E-state index is 4.69. The molecule has 1 aromatic carbocycles. The van der Waals surface area contributed by atoms with Crippen molar-refractivity contribution in [3.05, 3.63) is 71.7 Å². The fourth-order valence-corrected chi connectivity index (χ4v) is 2.71. The largest absolute Gasteiger partial charge is 0.357 e. The van der Waals surface area contributed by atoms with E-state index in [-0.39, 0.29) is 24.0 Å². The first-order valence-corrected chi connectivity index (χ1v) is 8.75. The van der Waals surface area contributed by atoms with E-state index in [1.165, 1.54) is 11.1 Å². The average molecular weight is 463 g/mol. The molecular weight excluding hydrogens is 437 g/mol. The number of aryl methyl sites for hydroxylation is 1. The summed E-state index contributed by atoms with van der Waals surface area (Å²) in [6, 6.07) is 14.4. The van der Waals surface area contributed by atoms with Gasteiger partial charge in [-0.2, -0.15) is 0 Å². The predicted molar refractivity (Wildman–Crippen MR) is 118 cm³/mol. The molecule has 0 aliphatic heterocycles. The van der Waals surface area contributed by atoms with Crippen molar-refractivity contribution >= 4 is 35.6 Å². The molecular formula is C20H26IN5. The van der Waals surface area contributed by atoms with Gasteiger partial charge >= 0.3 is 0 Å². The van der Waals surface area contributed by atoms with Gasteiger partial charge in [-0.05, 0) is 37.1 Å². The van der Waals surface area contributed by atoms with E-state index in [9.17, 15) is 0 Å². The Kier molecular flexibility index (Phi) is 7.90. The van der Waals surface area contributed by atoms with Crippen molar-refractivity contribution in [3.8, 4) is 0 Å². The number of nitrogens with zero attached hydrogens (tertiary/aromatic N) is 3. The van der Waals surface area contributed by atoms with Crippen molar-refractivity contribution in [3.63, 3.8) is 0 Å². The van der Waals surface area contributed by atoms with Gasteiger partial charge in [0.05, 0.1) is 12.2 Å². The van der Waals surface area contributed by atoms with Crippen molar-refractivity contribution in [2.24, 2.45) is 4.99 Å². The minimum atomic E-state index is 0. The zero-order chi connectivity index (χ0) is 17.5. The molecule has 2 aromatic heterocycles. The molecule has 0 aliphatic rings. The Labute approximate surface area is 172 Å². The van der Waals surface area contributed by atoms with Crippen LogP contribution in [0.3, 0.4) is 0 Å². The highest BCUT2D eigenvalue weighted by Crippen LogP contribution is 2.08.